The zero-order chi connectivity index (χ0) is 24.7. The third-order valence-electron chi connectivity index (χ3n) is 5.83. The third-order valence-corrected chi connectivity index (χ3v) is 6.92. The predicted molar refractivity (Wildman–Crippen MR) is 132 cm³/mol. The molecule has 182 valence electrons. The summed E-state index contributed by atoms with van der Waals surface area (Å²) >= 11 is 1.64. The molecule has 8 heteroatoms. The summed E-state index contributed by atoms with van der Waals surface area (Å²) in [5, 5.41) is 12.9. The second-order valence-corrected chi connectivity index (χ2v) is 9.86. The molecule has 2 heterocycles. The van der Waals surface area contributed by atoms with Gasteiger partial charge < -0.3 is 14.3 Å². The van der Waals surface area contributed by atoms with Gasteiger partial charge in [0.1, 0.15) is 17.1 Å². The Labute approximate surface area is 203 Å². The van der Waals surface area contributed by atoms with Crippen LogP contribution in [0.1, 0.15) is 77.7 Å². The monoisotopic (exact) mass is 485 g/mol. The van der Waals surface area contributed by atoms with Gasteiger partial charge in [-0.3, -0.25) is 10.1 Å². The lowest BCUT2D eigenvalue weighted by Crippen LogP contribution is -2.16. The van der Waals surface area contributed by atoms with Crippen LogP contribution in [-0.4, -0.2) is 24.1 Å². The molecule has 0 bridgehead atoms. The highest BCUT2D eigenvalue weighted by Crippen LogP contribution is 2.34. The summed E-state index contributed by atoms with van der Waals surface area (Å²) in [7, 11) is 1.28. The van der Waals surface area contributed by atoms with Crippen molar-refractivity contribution in [1.29, 1.82) is 0 Å². The number of Topliss-reactive ketones (excluding diaryl/α,β-unsaturated/α-hetero) is 1. The van der Waals surface area contributed by atoms with E-state index in [4.69, 9.17) is 4.42 Å². The molecule has 1 saturated carbocycles. The molecule has 0 aromatic carbocycles. The summed E-state index contributed by atoms with van der Waals surface area (Å²) in [4.78, 5) is 38.7. The topological polar surface area (TPSA) is 106 Å². The number of nitrogens with one attached hydrogen (secondary N) is 1. The largest absolute Gasteiger partial charge is 0.507 e. The first-order valence-corrected chi connectivity index (χ1v) is 12.3. The van der Waals surface area contributed by atoms with E-state index in [0.717, 1.165) is 17.2 Å². The van der Waals surface area contributed by atoms with Crippen LogP contribution in [0.3, 0.4) is 0 Å². The van der Waals surface area contributed by atoms with Crippen molar-refractivity contribution >= 4 is 29.3 Å². The maximum Gasteiger partial charge on any atom is 0.410 e. The second-order valence-electron chi connectivity index (χ2n) is 8.66. The highest BCUT2D eigenvalue weighted by Gasteiger charge is 2.23. The molecule has 1 fully saturated rings. The first-order chi connectivity index (χ1) is 16.3. The van der Waals surface area contributed by atoms with Crippen molar-refractivity contribution in [3.63, 3.8) is 0 Å². The van der Waals surface area contributed by atoms with Crippen molar-refractivity contribution in [2.24, 2.45) is 5.92 Å². The lowest BCUT2D eigenvalue weighted by atomic mass is 10.00. The number of amides is 1. The lowest BCUT2D eigenvalue weighted by molar-refractivity contribution is 0.102. The van der Waals surface area contributed by atoms with Crippen LogP contribution >= 0.6 is 11.3 Å². The van der Waals surface area contributed by atoms with Gasteiger partial charge in [-0.15, -0.1) is 11.3 Å². The van der Waals surface area contributed by atoms with Crippen LogP contribution in [0.2, 0.25) is 0 Å². The summed E-state index contributed by atoms with van der Waals surface area (Å²) in [6, 6.07) is 5.40. The number of aromatic hydroxyl groups is 1. The number of hydrogen-bond donors (Lipinski definition) is 2. The molecule has 7 nitrogen and oxygen atoms in total. The van der Waals surface area contributed by atoms with Crippen LogP contribution < -0.4 is 10.9 Å². The van der Waals surface area contributed by atoms with E-state index in [0.29, 0.717) is 24.2 Å². The third kappa shape index (κ3) is 7.18. The molecule has 3 rings (SSSR count). The van der Waals surface area contributed by atoms with Gasteiger partial charge in [0.25, 0.3) is 0 Å². The smallest absolute Gasteiger partial charge is 0.410 e. The van der Waals surface area contributed by atoms with E-state index in [1.165, 1.54) is 43.5 Å². The Morgan fingerprint density at radius 2 is 2.12 bits per heavy atom. The fourth-order valence-electron chi connectivity index (χ4n) is 3.54. The molecule has 2 aromatic rings. The Balaban J connectivity index is 1.63. The van der Waals surface area contributed by atoms with Gasteiger partial charge in [0, 0.05) is 27.9 Å². The minimum Gasteiger partial charge on any atom is -0.507 e. The van der Waals surface area contributed by atoms with E-state index in [-0.39, 0.29) is 17.2 Å². The Bertz CT molecular complexity index is 1140. The van der Waals surface area contributed by atoms with Crippen LogP contribution in [0.4, 0.5) is 4.79 Å². The predicted octanol–water partition coefficient (Wildman–Crippen LogP) is 5.79. The second kappa shape index (κ2) is 11.8. The van der Waals surface area contributed by atoms with Gasteiger partial charge in [-0.1, -0.05) is 25.8 Å². The number of rotatable bonds is 11. The fourth-order valence-corrected chi connectivity index (χ4v) is 4.57. The highest BCUT2D eigenvalue weighted by atomic mass is 32.1. The normalized spacial score (nSPS) is 14.9. The molecule has 1 aliphatic carbocycles. The minimum atomic E-state index is -0.848. The highest BCUT2D eigenvalue weighted by molar-refractivity contribution is 7.12. The maximum absolute atomic E-state index is 12.9. The Morgan fingerprint density at radius 1 is 1.35 bits per heavy atom. The summed E-state index contributed by atoms with van der Waals surface area (Å²) < 4.78 is 9.84. The van der Waals surface area contributed by atoms with E-state index in [2.05, 4.69) is 16.1 Å². The van der Waals surface area contributed by atoms with Crippen molar-refractivity contribution in [3.05, 3.63) is 67.5 Å². The van der Waals surface area contributed by atoms with Crippen molar-refractivity contribution in [3.8, 4) is 5.75 Å². The van der Waals surface area contributed by atoms with Gasteiger partial charge in [-0.05, 0) is 62.3 Å². The summed E-state index contributed by atoms with van der Waals surface area (Å²) in [5.41, 5.74) is -0.835. The van der Waals surface area contributed by atoms with Crippen LogP contribution in [0.5, 0.6) is 5.75 Å². The Hall–Kier alpha value is -3.13. The van der Waals surface area contributed by atoms with Crippen molar-refractivity contribution in [2.75, 3.05) is 7.11 Å². The van der Waals surface area contributed by atoms with E-state index >= 15 is 0 Å². The first-order valence-electron chi connectivity index (χ1n) is 11.5. The van der Waals surface area contributed by atoms with Crippen molar-refractivity contribution in [2.45, 2.75) is 58.3 Å². The SMILES string of the molecule is COC(=O)N/C=C/CCC(C)c1cc(O)c(C(=O)/C(C)=C/c2ccc(CCC3CC3)s2)c(=O)o1. The standard InChI is InChI=1S/C26H31NO6S/c1-16(6-4-5-13-27-26(31)32-3)22-15-21(28)23(25(30)33-22)24(29)17(2)14-20-12-11-19(34-20)10-9-18-7-8-18/h5,11-16,18,28H,4,6-10H2,1-3H3,(H,27,31)/b13-5+,17-14+. The van der Waals surface area contributed by atoms with Gasteiger partial charge in [0.2, 0.25) is 0 Å². The zero-order valence-electron chi connectivity index (χ0n) is 19.8. The molecular formula is C26H31NO6S. The Morgan fingerprint density at radius 3 is 2.79 bits per heavy atom. The zero-order valence-corrected chi connectivity index (χ0v) is 20.6. The number of allylic oxidation sites excluding steroid dienone is 2. The molecule has 1 aliphatic rings. The summed E-state index contributed by atoms with van der Waals surface area (Å²) in [6.45, 7) is 3.49. The number of hydrogen-bond acceptors (Lipinski definition) is 7. The first kappa shape index (κ1) is 25.5. The molecule has 2 N–H and O–H groups in total. The van der Waals surface area contributed by atoms with Crippen molar-refractivity contribution < 1.29 is 23.8 Å². The van der Waals surface area contributed by atoms with Gasteiger partial charge in [-0.25, -0.2) is 9.59 Å². The maximum atomic E-state index is 12.9. The number of thiophene rings is 1. The average molecular weight is 486 g/mol. The van der Waals surface area contributed by atoms with Crippen LogP contribution in [0, 0.1) is 5.92 Å². The molecule has 1 unspecified atom stereocenters. The molecule has 34 heavy (non-hydrogen) atoms. The lowest BCUT2D eigenvalue weighted by Gasteiger charge is -2.11. The molecule has 1 atom stereocenters. The van der Waals surface area contributed by atoms with Gasteiger partial charge in [0.15, 0.2) is 5.78 Å². The molecule has 0 saturated heterocycles. The van der Waals surface area contributed by atoms with E-state index in [9.17, 15) is 19.5 Å². The molecule has 2 aromatic heterocycles. The number of ether oxygens (including phenoxy) is 1. The van der Waals surface area contributed by atoms with E-state index in [1.807, 2.05) is 13.0 Å². The minimum absolute atomic E-state index is 0.178. The number of alkyl carbamates (subject to hydrolysis) is 1. The van der Waals surface area contributed by atoms with Crippen LogP contribution in [0.25, 0.3) is 6.08 Å². The molecule has 0 spiro atoms. The quantitative estimate of drug-likeness (QED) is 0.308. The van der Waals surface area contributed by atoms with Gasteiger partial charge in [0.05, 0.1) is 7.11 Å². The fraction of sp³-hybridized carbons (Fsp3) is 0.423. The van der Waals surface area contributed by atoms with Crippen molar-refractivity contribution in [1.82, 2.24) is 5.32 Å². The average Bonchev–Trinajstić information content (AvgIpc) is 3.54. The molecule has 1 amide bonds. The number of ketones is 1. The summed E-state index contributed by atoms with van der Waals surface area (Å²) in [6.07, 6.45) is 10.6. The molecule has 0 aliphatic heterocycles. The summed E-state index contributed by atoms with van der Waals surface area (Å²) in [5.74, 6) is 0.0681. The Kier molecular flexibility index (Phi) is 8.87. The number of aryl methyl sites for hydroxylation is 1. The van der Waals surface area contributed by atoms with Crippen LogP contribution in [-0.2, 0) is 11.2 Å². The molecule has 0 radical (unpaired) electrons. The van der Waals surface area contributed by atoms with Gasteiger partial charge in [-0.2, -0.15) is 0 Å². The van der Waals surface area contributed by atoms with Gasteiger partial charge >= 0.3 is 11.7 Å². The number of carbonyl (C=O) groups excluding carboxylic acids is 2. The van der Waals surface area contributed by atoms with E-state index in [1.54, 1.807) is 30.4 Å². The van der Waals surface area contributed by atoms with E-state index < -0.39 is 17.5 Å². The molecular weight excluding hydrogens is 454 g/mol. The number of methoxy groups -OCH3 is 1. The number of carbonyl (C=O) groups is 2. The van der Waals surface area contributed by atoms with Crippen LogP contribution in [0.15, 0.2) is 45.3 Å².